The van der Waals surface area contributed by atoms with Gasteiger partial charge in [0.1, 0.15) is 0 Å². The lowest BCUT2D eigenvalue weighted by atomic mass is 10.2. The molecule has 0 aliphatic heterocycles. The van der Waals surface area contributed by atoms with Gasteiger partial charge in [-0.2, -0.15) is 0 Å². The Morgan fingerprint density at radius 3 is 2.05 bits per heavy atom. The average molecular weight is 274 g/mol. The third-order valence-electron chi connectivity index (χ3n) is 2.91. The highest BCUT2D eigenvalue weighted by molar-refractivity contribution is 5.62. The second-order valence-corrected chi connectivity index (χ2v) is 4.12. The summed E-state index contributed by atoms with van der Waals surface area (Å²) < 4.78 is 15.9. The van der Waals surface area contributed by atoms with Crippen molar-refractivity contribution in [3.8, 4) is 17.2 Å². The Kier molecular flexibility index (Phi) is 4.65. The van der Waals surface area contributed by atoms with E-state index >= 15 is 0 Å². The maximum atomic E-state index is 5.32. The van der Waals surface area contributed by atoms with Gasteiger partial charge in [-0.25, -0.2) is 0 Å². The summed E-state index contributed by atoms with van der Waals surface area (Å²) in [5.41, 5.74) is 2.05. The molecule has 0 aliphatic rings. The Bertz CT molecular complexity index is 533. The molecule has 106 valence electrons. The molecule has 1 heterocycles. The molecule has 0 amide bonds. The molecule has 5 heteroatoms. The van der Waals surface area contributed by atoms with E-state index in [0.29, 0.717) is 23.8 Å². The first-order chi connectivity index (χ1) is 9.78. The van der Waals surface area contributed by atoms with Crippen LogP contribution in [0.4, 0.5) is 5.69 Å². The highest BCUT2D eigenvalue weighted by Crippen LogP contribution is 2.39. The molecule has 0 aliphatic carbocycles. The summed E-state index contributed by atoms with van der Waals surface area (Å²) in [6.07, 6.45) is 3.54. The van der Waals surface area contributed by atoms with E-state index in [1.807, 2.05) is 24.3 Å². The number of methoxy groups -OCH3 is 3. The molecule has 5 nitrogen and oxygen atoms in total. The molecule has 0 bridgehead atoms. The van der Waals surface area contributed by atoms with Crippen molar-refractivity contribution in [1.29, 1.82) is 0 Å². The lowest BCUT2D eigenvalue weighted by Gasteiger charge is -2.15. The van der Waals surface area contributed by atoms with Gasteiger partial charge in [0.05, 0.1) is 21.3 Å². The van der Waals surface area contributed by atoms with Gasteiger partial charge in [0.15, 0.2) is 11.5 Å². The number of rotatable bonds is 6. The predicted molar refractivity (Wildman–Crippen MR) is 77.7 cm³/mol. The van der Waals surface area contributed by atoms with Crippen molar-refractivity contribution >= 4 is 5.69 Å². The molecule has 1 aromatic carbocycles. The van der Waals surface area contributed by atoms with E-state index in [9.17, 15) is 0 Å². The van der Waals surface area contributed by atoms with Crippen molar-refractivity contribution in [1.82, 2.24) is 4.98 Å². The van der Waals surface area contributed by atoms with E-state index in [1.54, 1.807) is 33.7 Å². The van der Waals surface area contributed by atoms with Crippen LogP contribution < -0.4 is 19.5 Å². The summed E-state index contributed by atoms with van der Waals surface area (Å²) in [4.78, 5) is 3.99. The first kappa shape index (κ1) is 14.0. The van der Waals surface area contributed by atoms with Crippen LogP contribution >= 0.6 is 0 Å². The fraction of sp³-hybridized carbons (Fsp3) is 0.267. The van der Waals surface area contributed by atoms with Crippen LogP contribution in [-0.4, -0.2) is 26.3 Å². The van der Waals surface area contributed by atoms with Gasteiger partial charge in [-0.1, -0.05) is 0 Å². The van der Waals surface area contributed by atoms with Crippen molar-refractivity contribution in [3.63, 3.8) is 0 Å². The van der Waals surface area contributed by atoms with Crippen LogP contribution in [0.25, 0.3) is 0 Å². The molecule has 0 atom stereocenters. The van der Waals surface area contributed by atoms with E-state index in [-0.39, 0.29) is 0 Å². The molecule has 0 spiro atoms. The molecule has 1 N–H and O–H groups in total. The minimum Gasteiger partial charge on any atom is -0.493 e. The van der Waals surface area contributed by atoms with Crippen LogP contribution in [0.3, 0.4) is 0 Å². The normalized spacial score (nSPS) is 9.95. The van der Waals surface area contributed by atoms with E-state index in [2.05, 4.69) is 10.3 Å². The standard InChI is InChI=1S/C15H18N2O3/c1-18-13-8-12(9-14(19-2)15(13)20-3)17-10-11-4-6-16-7-5-11/h4-9,17H,10H2,1-3H3. The molecule has 0 radical (unpaired) electrons. The maximum absolute atomic E-state index is 5.32. The SMILES string of the molecule is COc1cc(NCc2ccncc2)cc(OC)c1OC. The summed E-state index contributed by atoms with van der Waals surface area (Å²) in [7, 11) is 4.79. The largest absolute Gasteiger partial charge is 0.493 e. The van der Waals surface area contributed by atoms with Crippen LogP contribution in [0, 0.1) is 0 Å². The van der Waals surface area contributed by atoms with Gasteiger partial charge in [-0.05, 0) is 17.7 Å². The number of ether oxygens (including phenoxy) is 3. The Hall–Kier alpha value is -2.43. The minimum absolute atomic E-state index is 0.587. The summed E-state index contributed by atoms with van der Waals surface area (Å²) in [5, 5.41) is 3.32. The second kappa shape index (κ2) is 6.65. The molecule has 0 saturated heterocycles. The van der Waals surface area contributed by atoms with E-state index in [1.165, 1.54) is 0 Å². The molecule has 2 rings (SSSR count). The number of hydrogen-bond donors (Lipinski definition) is 1. The molecule has 1 aromatic heterocycles. The minimum atomic E-state index is 0.587. The first-order valence-corrected chi connectivity index (χ1v) is 6.21. The van der Waals surface area contributed by atoms with Crippen LogP contribution in [0.5, 0.6) is 17.2 Å². The molecule has 0 saturated carbocycles. The Morgan fingerprint density at radius 2 is 1.55 bits per heavy atom. The Morgan fingerprint density at radius 1 is 0.950 bits per heavy atom. The van der Waals surface area contributed by atoms with Crippen molar-refractivity contribution in [2.75, 3.05) is 26.6 Å². The van der Waals surface area contributed by atoms with Crippen molar-refractivity contribution < 1.29 is 14.2 Å². The fourth-order valence-electron chi connectivity index (χ4n) is 1.89. The number of nitrogens with zero attached hydrogens (tertiary/aromatic N) is 1. The van der Waals surface area contributed by atoms with E-state index < -0.39 is 0 Å². The van der Waals surface area contributed by atoms with Gasteiger partial charge >= 0.3 is 0 Å². The first-order valence-electron chi connectivity index (χ1n) is 6.21. The number of aromatic nitrogens is 1. The lowest BCUT2D eigenvalue weighted by Crippen LogP contribution is -2.01. The third-order valence-corrected chi connectivity index (χ3v) is 2.91. The molecule has 2 aromatic rings. The quantitative estimate of drug-likeness (QED) is 0.877. The lowest BCUT2D eigenvalue weighted by molar-refractivity contribution is 0.324. The Labute approximate surface area is 118 Å². The fourth-order valence-corrected chi connectivity index (χ4v) is 1.89. The van der Waals surface area contributed by atoms with Crippen LogP contribution in [0.15, 0.2) is 36.7 Å². The number of hydrogen-bond acceptors (Lipinski definition) is 5. The van der Waals surface area contributed by atoms with Crippen molar-refractivity contribution in [2.24, 2.45) is 0 Å². The van der Waals surface area contributed by atoms with Crippen LogP contribution in [0.2, 0.25) is 0 Å². The number of pyridine rings is 1. The zero-order chi connectivity index (χ0) is 14.4. The molecule has 0 unspecified atom stereocenters. The van der Waals surface area contributed by atoms with Gasteiger partial charge in [-0.3, -0.25) is 4.98 Å². The topological polar surface area (TPSA) is 52.6 Å². The highest BCUT2D eigenvalue weighted by Gasteiger charge is 2.12. The summed E-state index contributed by atoms with van der Waals surface area (Å²) >= 11 is 0. The van der Waals surface area contributed by atoms with Crippen molar-refractivity contribution in [3.05, 3.63) is 42.2 Å². The number of anilines is 1. The van der Waals surface area contributed by atoms with E-state index in [0.717, 1.165) is 11.3 Å². The summed E-state index contributed by atoms with van der Waals surface area (Å²) in [6.45, 7) is 0.696. The zero-order valence-corrected chi connectivity index (χ0v) is 11.8. The monoisotopic (exact) mass is 274 g/mol. The zero-order valence-electron chi connectivity index (χ0n) is 11.8. The second-order valence-electron chi connectivity index (χ2n) is 4.12. The summed E-state index contributed by atoms with van der Waals surface area (Å²) in [5.74, 6) is 1.85. The smallest absolute Gasteiger partial charge is 0.203 e. The molecule has 0 fully saturated rings. The van der Waals surface area contributed by atoms with Crippen LogP contribution in [-0.2, 0) is 6.54 Å². The maximum Gasteiger partial charge on any atom is 0.203 e. The van der Waals surface area contributed by atoms with Gasteiger partial charge in [0.2, 0.25) is 5.75 Å². The predicted octanol–water partition coefficient (Wildman–Crippen LogP) is 2.72. The Balaban J connectivity index is 2.19. The van der Waals surface area contributed by atoms with E-state index in [4.69, 9.17) is 14.2 Å². The van der Waals surface area contributed by atoms with Crippen LogP contribution in [0.1, 0.15) is 5.56 Å². The van der Waals surface area contributed by atoms with Gasteiger partial charge in [-0.15, -0.1) is 0 Å². The number of benzene rings is 1. The molecular weight excluding hydrogens is 256 g/mol. The third kappa shape index (κ3) is 3.12. The number of nitrogens with one attached hydrogen (secondary N) is 1. The average Bonchev–Trinajstić information content (AvgIpc) is 2.52. The van der Waals surface area contributed by atoms with Crippen molar-refractivity contribution in [2.45, 2.75) is 6.54 Å². The highest BCUT2D eigenvalue weighted by atomic mass is 16.5. The van der Waals surface area contributed by atoms with Gasteiger partial charge in [0, 0.05) is 36.8 Å². The van der Waals surface area contributed by atoms with Gasteiger partial charge < -0.3 is 19.5 Å². The molecular formula is C15H18N2O3. The summed E-state index contributed by atoms with van der Waals surface area (Å²) in [6, 6.07) is 7.68. The molecule has 20 heavy (non-hydrogen) atoms. The van der Waals surface area contributed by atoms with Gasteiger partial charge in [0.25, 0.3) is 0 Å².